The van der Waals surface area contributed by atoms with E-state index in [9.17, 15) is 19.4 Å². The Hall–Kier alpha value is -2.00. The summed E-state index contributed by atoms with van der Waals surface area (Å²) >= 11 is 0. The fourth-order valence-electron chi connectivity index (χ4n) is 5.66. The van der Waals surface area contributed by atoms with E-state index in [1.54, 1.807) is 12.3 Å². The number of phosphoric acid groups is 1. The van der Waals surface area contributed by atoms with Crippen LogP contribution in [-0.2, 0) is 27.9 Å². The molecule has 9 nitrogen and oxygen atoms in total. The zero-order valence-corrected chi connectivity index (χ0v) is 37.4. The van der Waals surface area contributed by atoms with E-state index in [-0.39, 0.29) is 26.2 Å². The zero-order valence-electron chi connectivity index (χ0n) is 36.5. The van der Waals surface area contributed by atoms with Gasteiger partial charge in [-0.05, 0) is 76.7 Å². The number of nitrogens with zero attached hydrogens (tertiary/aromatic N) is 1. The van der Waals surface area contributed by atoms with E-state index in [0.29, 0.717) is 23.9 Å². The molecule has 0 aromatic heterocycles. The number of carbonyl (C=O) groups is 1. The quantitative estimate of drug-likeness (QED) is 0.0120. The molecule has 10 heteroatoms. The lowest BCUT2D eigenvalue weighted by Crippen LogP contribution is -2.37. The van der Waals surface area contributed by atoms with Crippen molar-refractivity contribution in [3.8, 4) is 0 Å². The summed E-state index contributed by atoms with van der Waals surface area (Å²) in [6.45, 7) is 4.65. The highest BCUT2D eigenvalue weighted by molar-refractivity contribution is 7.47. The van der Waals surface area contributed by atoms with E-state index in [0.717, 1.165) is 38.5 Å². The minimum Gasteiger partial charge on any atom is -0.492 e. The molecular weight excluding hydrogens is 725 g/mol. The Morgan fingerprint density at radius 3 is 1.77 bits per heavy atom. The van der Waals surface area contributed by atoms with Crippen molar-refractivity contribution < 1.29 is 42.4 Å². The second-order valence-electron chi connectivity index (χ2n) is 16.0. The first-order chi connectivity index (χ1) is 27.0. The van der Waals surface area contributed by atoms with Crippen LogP contribution in [0.1, 0.15) is 168 Å². The summed E-state index contributed by atoms with van der Waals surface area (Å²) in [5.74, 6) is -0.435. The number of hydrogen-bond acceptors (Lipinski definition) is 7. The number of likely N-dealkylation sites (N-methyl/N-ethyl adjacent to an activating group) is 1. The SMILES string of the molecule is CCCCCCCC/C=C\CCCCCC/C=C/O[C@H](COC(=O)CCCC(O)/C=C/C=C/C/C=C/CCCCCCCC)COP(=O)(O)OCC[N+](C)(C)C. The molecule has 0 aromatic carbocycles. The number of rotatable bonds is 40. The van der Waals surface area contributed by atoms with E-state index >= 15 is 0 Å². The maximum atomic E-state index is 12.5. The number of phosphoric ester groups is 1. The Bertz CT molecular complexity index is 1100. The highest BCUT2D eigenvalue weighted by Gasteiger charge is 2.25. The number of ether oxygens (including phenoxy) is 2. The molecule has 0 aliphatic carbocycles. The van der Waals surface area contributed by atoms with Crippen molar-refractivity contribution >= 4 is 13.8 Å². The van der Waals surface area contributed by atoms with Gasteiger partial charge in [-0.2, -0.15) is 0 Å². The van der Waals surface area contributed by atoms with Crippen LogP contribution in [0.5, 0.6) is 0 Å². The van der Waals surface area contributed by atoms with Crippen molar-refractivity contribution in [2.45, 2.75) is 180 Å². The van der Waals surface area contributed by atoms with Gasteiger partial charge in [-0.3, -0.25) is 13.8 Å². The van der Waals surface area contributed by atoms with Crippen molar-refractivity contribution in [1.82, 2.24) is 0 Å². The number of allylic oxidation sites excluding steroid dienone is 8. The van der Waals surface area contributed by atoms with Crippen LogP contribution in [-0.4, -0.2) is 80.2 Å². The molecule has 2 unspecified atom stereocenters. The standard InChI is InChI=1S/C46H84NO8P/c1-6-8-10-12-14-16-18-20-21-22-24-26-28-30-32-34-40-52-45(43-55-56(50,51)54-41-39-47(3,4)5)42-53-46(49)38-35-37-44(48)36-33-31-29-27-25-23-19-17-15-13-11-9-7-2/h20-21,23,25,29,31,33-34,36,40,44-45,48H,6-19,22,24,26-28,30,32,35,37-39,41-43H2,1-5H3/p+1/b21-20-,25-23+,31-29+,36-33+,40-34+/t44?,45-/m1/s1. The van der Waals surface area contributed by atoms with E-state index in [4.69, 9.17) is 18.5 Å². The summed E-state index contributed by atoms with van der Waals surface area (Å²) in [6, 6.07) is 0. The van der Waals surface area contributed by atoms with E-state index in [1.807, 2.05) is 39.4 Å². The summed E-state index contributed by atoms with van der Waals surface area (Å²) in [7, 11) is 1.56. The summed E-state index contributed by atoms with van der Waals surface area (Å²) in [5.41, 5.74) is 0. The third kappa shape index (κ3) is 41.6. The molecule has 0 radical (unpaired) electrons. The van der Waals surface area contributed by atoms with Crippen molar-refractivity contribution in [3.05, 3.63) is 60.9 Å². The smallest absolute Gasteiger partial charge is 0.472 e. The molecule has 0 spiro atoms. The Labute approximate surface area is 343 Å². The monoisotopic (exact) mass is 811 g/mol. The molecule has 0 heterocycles. The van der Waals surface area contributed by atoms with Gasteiger partial charge in [-0.1, -0.05) is 140 Å². The molecule has 0 aliphatic rings. The van der Waals surface area contributed by atoms with Crippen LogP contribution in [0.2, 0.25) is 0 Å². The van der Waals surface area contributed by atoms with E-state index < -0.39 is 26.0 Å². The maximum Gasteiger partial charge on any atom is 0.472 e. The number of quaternary nitrogens is 1. The molecule has 56 heavy (non-hydrogen) atoms. The molecule has 0 amide bonds. The van der Waals surface area contributed by atoms with E-state index in [1.165, 1.54) is 96.3 Å². The summed E-state index contributed by atoms with van der Waals surface area (Å²) < 4.78 is 34.6. The fourth-order valence-corrected chi connectivity index (χ4v) is 6.40. The number of aliphatic hydroxyl groups excluding tert-OH is 1. The number of hydrogen-bond donors (Lipinski definition) is 2. The molecule has 2 N–H and O–H groups in total. The van der Waals surface area contributed by atoms with Crippen LogP contribution in [0.25, 0.3) is 0 Å². The topological polar surface area (TPSA) is 112 Å². The van der Waals surface area contributed by atoms with Gasteiger partial charge >= 0.3 is 13.8 Å². The molecule has 0 rings (SSSR count). The van der Waals surface area contributed by atoms with Gasteiger partial charge in [0, 0.05) is 6.42 Å². The van der Waals surface area contributed by atoms with Crippen molar-refractivity contribution in [2.24, 2.45) is 0 Å². The van der Waals surface area contributed by atoms with Crippen molar-refractivity contribution in [2.75, 3.05) is 47.5 Å². The average molecular weight is 811 g/mol. The number of esters is 1. The van der Waals surface area contributed by atoms with Crippen LogP contribution >= 0.6 is 7.82 Å². The first kappa shape index (κ1) is 54.0. The molecule has 0 fully saturated rings. The Balaban J connectivity index is 4.49. The third-order valence-electron chi connectivity index (χ3n) is 9.24. The largest absolute Gasteiger partial charge is 0.492 e. The molecule has 0 saturated heterocycles. The normalized spacial score (nSPS) is 14.8. The number of aliphatic hydroxyl groups is 1. The number of carbonyl (C=O) groups excluding carboxylic acids is 1. The van der Waals surface area contributed by atoms with Gasteiger partial charge in [0.15, 0.2) is 6.10 Å². The molecule has 0 saturated carbocycles. The predicted molar refractivity (Wildman–Crippen MR) is 234 cm³/mol. The highest BCUT2D eigenvalue weighted by atomic mass is 31.2. The summed E-state index contributed by atoms with van der Waals surface area (Å²) in [6.07, 6.45) is 45.3. The van der Waals surface area contributed by atoms with Gasteiger partial charge < -0.3 is 24.0 Å². The maximum absolute atomic E-state index is 12.5. The van der Waals surface area contributed by atoms with Crippen LogP contribution in [0.3, 0.4) is 0 Å². The van der Waals surface area contributed by atoms with Gasteiger partial charge in [-0.25, -0.2) is 4.57 Å². The van der Waals surface area contributed by atoms with E-state index in [2.05, 4.69) is 44.2 Å². The van der Waals surface area contributed by atoms with Gasteiger partial charge in [0.1, 0.15) is 19.8 Å². The summed E-state index contributed by atoms with van der Waals surface area (Å²) in [4.78, 5) is 22.7. The first-order valence-electron chi connectivity index (χ1n) is 22.2. The molecule has 0 aliphatic heterocycles. The van der Waals surface area contributed by atoms with Crippen molar-refractivity contribution in [1.29, 1.82) is 0 Å². The van der Waals surface area contributed by atoms with Crippen molar-refractivity contribution in [3.63, 3.8) is 0 Å². The molecule has 0 bridgehead atoms. The van der Waals surface area contributed by atoms with Gasteiger partial charge in [0.05, 0.1) is 40.1 Å². The Morgan fingerprint density at radius 1 is 0.661 bits per heavy atom. The van der Waals surface area contributed by atoms with Gasteiger partial charge in [0.2, 0.25) is 0 Å². The lowest BCUT2D eigenvalue weighted by molar-refractivity contribution is -0.870. The average Bonchev–Trinajstić information content (AvgIpc) is 3.14. The number of unbranched alkanes of at least 4 members (excludes halogenated alkanes) is 17. The molecule has 3 atom stereocenters. The Morgan fingerprint density at radius 2 is 1.20 bits per heavy atom. The second-order valence-corrected chi connectivity index (χ2v) is 17.4. The Kier molecular flexibility index (Phi) is 37.1. The van der Waals surface area contributed by atoms with Crippen LogP contribution in [0.4, 0.5) is 0 Å². The highest BCUT2D eigenvalue weighted by Crippen LogP contribution is 2.43. The predicted octanol–water partition coefficient (Wildman–Crippen LogP) is 12.3. The minimum absolute atomic E-state index is 0.0567. The minimum atomic E-state index is -4.31. The lowest BCUT2D eigenvalue weighted by Gasteiger charge is -2.24. The van der Waals surface area contributed by atoms with Crippen LogP contribution in [0, 0.1) is 0 Å². The van der Waals surface area contributed by atoms with Crippen LogP contribution in [0.15, 0.2) is 60.9 Å². The summed E-state index contributed by atoms with van der Waals surface area (Å²) in [5, 5.41) is 10.3. The lowest BCUT2D eigenvalue weighted by atomic mass is 10.1. The molecule has 326 valence electrons. The molecular formula is C46H85NO8P+. The van der Waals surface area contributed by atoms with Gasteiger partial charge in [0.25, 0.3) is 0 Å². The second kappa shape index (κ2) is 38.5. The fraction of sp³-hybridized carbons (Fsp3) is 0.761. The van der Waals surface area contributed by atoms with Gasteiger partial charge in [-0.15, -0.1) is 0 Å². The van der Waals surface area contributed by atoms with Crippen LogP contribution < -0.4 is 0 Å². The first-order valence-corrected chi connectivity index (χ1v) is 23.7. The molecule has 0 aromatic rings. The zero-order chi connectivity index (χ0) is 41.4. The third-order valence-corrected chi connectivity index (χ3v) is 10.2.